The van der Waals surface area contributed by atoms with Gasteiger partial charge in [0.05, 0.1) is 6.04 Å². The van der Waals surface area contributed by atoms with Crippen molar-refractivity contribution in [1.29, 1.82) is 0 Å². The lowest BCUT2D eigenvalue weighted by Gasteiger charge is -2.25. The van der Waals surface area contributed by atoms with Gasteiger partial charge in [0.1, 0.15) is 0 Å². The number of amides is 1. The van der Waals surface area contributed by atoms with Gasteiger partial charge in [0, 0.05) is 17.5 Å². The minimum Gasteiger partial charge on any atom is -0.319 e. The summed E-state index contributed by atoms with van der Waals surface area (Å²) in [6.07, 6.45) is 2.01. The summed E-state index contributed by atoms with van der Waals surface area (Å²) in [5.41, 5.74) is 6.18. The fraction of sp³-hybridized carbons (Fsp3) is 0.375. The van der Waals surface area contributed by atoms with Crippen molar-refractivity contribution >= 4 is 22.4 Å². The van der Waals surface area contributed by atoms with Gasteiger partial charge in [-0.05, 0) is 23.1 Å². The van der Waals surface area contributed by atoms with E-state index in [9.17, 15) is 13.6 Å². The molecule has 2 aromatic rings. The molecule has 0 saturated carbocycles. The van der Waals surface area contributed by atoms with Crippen molar-refractivity contribution < 1.29 is 13.6 Å². The van der Waals surface area contributed by atoms with Gasteiger partial charge in [-0.25, -0.2) is 13.8 Å². The Hall–Kier alpha value is -1.86. The Morgan fingerprint density at radius 1 is 1.35 bits per heavy atom. The number of thiazole rings is 1. The number of nitrogens with zero attached hydrogens (tertiary/aromatic N) is 1. The predicted molar refractivity (Wildman–Crippen MR) is 87.3 cm³/mol. The second-order valence-corrected chi connectivity index (χ2v) is 7.51. The van der Waals surface area contributed by atoms with Crippen LogP contribution in [0.3, 0.4) is 0 Å². The van der Waals surface area contributed by atoms with Crippen LogP contribution in [0, 0.1) is 17.0 Å². The summed E-state index contributed by atoms with van der Waals surface area (Å²) in [6, 6.07) is 3.12. The minimum atomic E-state index is -0.878. The Morgan fingerprint density at radius 3 is 2.65 bits per heavy atom. The summed E-state index contributed by atoms with van der Waals surface area (Å²) in [6.45, 7) is 5.65. The van der Waals surface area contributed by atoms with Gasteiger partial charge >= 0.3 is 0 Å². The second-order valence-electron chi connectivity index (χ2n) is 6.39. The van der Waals surface area contributed by atoms with Gasteiger partial charge in [-0.15, -0.1) is 11.3 Å². The SMILES string of the molecule is CC(C)(C)[C@H](N)C(=O)Nc1ncc(Cc2ccc(F)c(F)c2)s1. The molecule has 0 unspecified atom stereocenters. The van der Waals surface area contributed by atoms with Crippen LogP contribution in [-0.2, 0) is 11.2 Å². The number of aromatic nitrogens is 1. The lowest BCUT2D eigenvalue weighted by Crippen LogP contribution is -2.45. The molecule has 1 amide bonds. The molecular formula is C16H19F2N3OS. The molecular weight excluding hydrogens is 320 g/mol. The minimum absolute atomic E-state index is 0.300. The first kappa shape index (κ1) is 17.5. The van der Waals surface area contributed by atoms with E-state index in [1.54, 1.807) is 6.20 Å². The number of nitrogens with two attached hydrogens (primary N) is 1. The highest BCUT2D eigenvalue weighted by molar-refractivity contribution is 7.15. The van der Waals surface area contributed by atoms with E-state index in [2.05, 4.69) is 10.3 Å². The zero-order chi connectivity index (χ0) is 17.2. The van der Waals surface area contributed by atoms with Crippen LogP contribution in [-0.4, -0.2) is 16.9 Å². The van der Waals surface area contributed by atoms with Crippen molar-refractivity contribution in [2.75, 3.05) is 5.32 Å². The number of anilines is 1. The summed E-state index contributed by atoms with van der Waals surface area (Å²) in [5.74, 6) is -2.05. The third-order valence-corrected chi connectivity index (χ3v) is 4.27. The van der Waals surface area contributed by atoms with Gasteiger partial charge in [0.2, 0.25) is 5.91 Å². The van der Waals surface area contributed by atoms with Gasteiger partial charge in [-0.3, -0.25) is 4.79 Å². The number of hydrogen-bond donors (Lipinski definition) is 2. The number of carbonyl (C=O) groups excluding carboxylic acids is 1. The van der Waals surface area contributed by atoms with Crippen molar-refractivity contribution in [3.05, 3.63) is 46.5 Å². The Balaban J connectivity index is 2.03. The number of nitrogens with one attached hydrogen (secondary N) is 1. The Labute approximate surface area is 137 Å². The summed E-state index contributed by atoms with van der Waals surface area (Å²) < 4.78 is 26.1. The fourth-order valence-electron chi connectivity index (χ4n) is 1.87. The van der Waals surface area contributed by atoms with Crippen molar-refractivity contribution in [3.8, 4) is 0 Å². The average molecular weight is 339 g/mol. The van der Waals surface area contributed by atoms with Crippen molar-refractivity contribution in [2.24, 2.45) is 11.1 Å². The van der Waals surface area contributed by atoms with E-state index in [0.717, 1.165) is 17.0 Å². The van der Waals surface area contributed by atoms with E-state index in [-0.39, 0.29) is 11.3 Å². The zero-order valence-electron chi connectivity index (χ0n) is 13.2. The van der Waals surface area contributed by atoms with E-state index >= 15 is 0 Å². The molecule has 0 bridgehead atoms. The van der Waals surface area contributed by atoms with Gasteiger partial charge < -0.3 is 11.1 Å². The smallest absolute Gasteiger partial charge is 0.243 e. The number of carbonyl (C=O) groups is 1. The molecule has 1 atom stereocenters. The lowest BCUT2D eigenvalue weighted by atomic mass is 9.87. The second kappa shape index (κ2) is 6.72. The molecule has 0 radical (unpaired) electrons. The van der Waals surface area contributed by atoms with E-state index in [0.29, 0.717) is 17.1 Å². The summed E-state index contributed by atoms with van der Waals surface area (Å²) in [5, 5.41) is 3.12. The van der Waals surface area contributed by atoms with Crippen LogP contribution >= 0.6 is 11.3 Å². The van der Waals surface area contributed by atoms with Gasteiger partial charge in [-0.1, -0.05) is 26.8 Å². The van der Waals surface area contributed by atoms with Crippen LogP contribution in [0.5, 0.6) is 0 Å². The van der Waals surface area contributed by atoms with E-state index < -0.39 is 17.7 Å². The quantitative estimate of drug-likeness (QED) is 0.898. The van der Waals surface area contributed by atoms with Crippen molar-refractivity contribution in [1.82, 2.24) is 4.98 Å². The molecule has 3 N–H and O–H groups in total. The summed E-state index contributed by atoms with van der Waals surface area (Å²) >= 11 is 1.28. The monoisotopic (exact) mass is 339 g/mol. The number of rotatable bonds is 4. The first-order chi connectivity index (χ1) is 10.7. The first-order valence-corrected chi connectivity index (χ1v) is 7.93. The molecule has 0 spiro atoms. The molecule has 1 aromatic carbocycles. The molecule has 0 aliphatic rings. The van der Waals surface area contributed by atoms with Gasteiger partial charge in [0.15, 0.2) is 16.8 Å². The van der Waals surface area contributed by atoms with E-state index in [1.807, 2.05) is 20.8 Å². The number of hydrogen-bond acceptors (Lipinski definition) is 4. The molecule has 124 valence electrons. The van der Waals surface area contributed by atoms with E-state index in [4.69, 9.17) is 5.73 Å². The van der Waals surface area contributed by atoms with Crippen molar-refractivity contribution in [2.45, 2.75) is 33.2 Å². The van der Waals surface area contributed by atoms with Crippen LogP contribution < -0.4 is 11.1 Å². The lowest BCUT2D eigenvalue weighted by molar-refractivity contribution is -0.119. The summed E-state index contributed by atoms with van der Waals surface area (Å²) in [4.78, 5) is 17.0. The average Bonchev–Trinajstić information content (AvgIpc) is 2.88. The topological polar surface area (TPSA) is 68.0 Å². The molecule has 0 aliphatic heterocycles. The molecule has 1 aromatic heterocycles. The molecule has 0 fully saturated rings. The third kappa shape index (κ3) is 4.56. The Bertz CT molecular complexity index is 710. The van der Waals surface area contributed by atoms with Gasteiger partial charge in [-0.2, -0.15) is 0 Å². The number of halogens is 2. The summed E-state index contributed by atoms with van der Waals surface area (Å²) in [7, 11) is 0. The first-order valence-electron chi connectivity index (χ1n) is 7.12. The highest BCUT2D eigenvalue weighted by atomic mass is 32.1. The molecule has 7 heteroatoms. The standard InChI is InChI=1S/C16H19F2N3OS/c1-16(2,3)13(19)14(22)21-15-20-8-10(23-15)6-9-4-5-11(17)12(18)7-9/h4-5,7-8,13H,6,19H2,1-3H3,(H,20,21,22)/t13-/m1/s1. The molecule has 2 rings (SSSR count). The Morgan fingerprint density at radius 2 is 2.04 bits per heavy atom. The maximum absolute atomic E-state index is 13.2. The predicted octanol–water partition coefficient (Wildman–Crippen LogP) is 3.32. The van der Waals surface area contributed by atoms with Gasteiger partial charge in [0.25, 0.3) is 0 Å². The molecule has 23 heavy (non-hydrogen) atoms. The highest BCUT2D eigenvalue weighted by Crippen LogP contribution is 2.24. The normalized spacial score (nSPS) is 13.0. The maximum atomic E-state index is 13.2. The van der Waals surface area contributed by atoms with Crippen LogP contribution in [0.1, 0.15) is 31.2 Å². The maximum Gasteiger partial charge on any atom is 0.243 e. The molecule has 1 heterocycles. The fourth-order valence-corrected chi connectivity index (χ4v) is 2.72. The zero-order valence-corrected chi connectivity index (χ0v) is 14.0. The van der Waals surface area contributed by atoms with Crippen LogP contribution in [0.15, 0.2) is 24.4 Å². The van der Waals surface area contributed by atoms with Crippen LogP contribution in [0.2, 0.25) is 0 Å². The van der Waals surface area contributed by atoms with Crippen LogP contribution in [0.4, 0.5) is 13.9 Å². The molecule has 0 aliphatic carbocycles. The van der Waals surface area contributed by atoms with Crippen molar-refractivity contribution in [3.63, 3.8) is 0 Å². The third-order valence-electron chi connectivity index (χ3n) is 3.36. The highest BCUT2D eigenvalue weighted by Gasteiger charge is 2.27. The molecule has 4 nitrogen and oxygen atoms in total. The number of benzene rings is 1. The Kier molecular flexibility index (Phi) is 5.11. The molecule has 0 saturated heterocycles. The van der Waals surface area contributed by atoms with Crippen LogP contribution in [0.25, 0.3) is 0 Å². The van der Waals surface area contributed by atoms with E-state index in [1.165, 1.54) is 17.4 Å². The largest absolute Gasteiger partial charge is 0.319 e.